The Morgan fingerprint density at radius 1 is 1.55 bits per heavy atom. The van der Waals surface area contributed by atoms with Crippen LogP contribution in [0.15, 0.2) is 6.20 Å². The van der Waals surface area contributed by atoms with Crippen LogP contribution in [0.3, 0.4) is 0 Å². The molecule has 1 aliphatic heterocycles. The first kappa shape index (κ1) is 13.6. The summed E-state index contributed by atoms with van der Waals surface area (Å²) in [4.78, 5) is 12.1. The van der Waals surface area contributed by atoms with Crippen LogP contribution >= 0.6 is 0 Å². The fourth-order valence-corrected chi connectivity index (χ4v) is 3.42. The van der Waals surface area contributed by atoms with E-state index < -0.39 is 0 Å². The molecular formula is C15H24N4O. The Hall–Kier alpha value is -1.36. The highest BCUT2D eigenvalue weighted by atomic mass is 16.1. The van der Waals surface area contributed by atoms with Gasteiger partial charge in [0.15, 0.2) is 0 Å². The summed E-state index contributed by atoms with van der Waals surface area (Å²) in [5.74, 6) is 0.875. The first-order chi connectivity index (χ1) is 9.74. The molecule has 1 aromatic heterocycles. The summed E-state index contributed by atoms with van der Waals surface area (Å²) in [5, 5.41) is 10.9. The van der Waals surface area contributed by atoms with Gasteiger partial charge in [-0.1, -0.05) is 0 Å². The van der Waals surface area contributed by atoms with Crippen molar-refractivity contribution in [2.75, 3.05) is 13.1 Å². The lowest BCUT2D eigenvalue weighted by molar-refractivity contribution is -0.122. The normalized spacial score (nSPS) is 25.4. The van der Waals surface area contributed by atoms with E-state index in [0.717, 1.165) is 38.8 Å². The van der Waals surface area contributed by atoms with Gasteiger partial charge >= 0.3 is 0 Å². The summed E-state index contributed by atoms with van der Waals surface area (Å²) < 4.78 is 1.94. The number of aryl methyl sites for hydroxylation is 1. The van der Waals surface area contributed by atoms with E-state index in [9.17, 15) is 4.79 Å². The van der Waals surface area contributed by atoms with E-state index in [1.54, 1.807) is 0 Å². The Kier molecular flexibility index (Phi) is 4.05. The van der Waals surface area contributed by atoms with Crippen molar-refractivity contribution in [2.24, 2.45) is 13.0 Å². The SMILES string of the molecule is Cn1ncc2c1CCCC2NC(=O)CCC1CCNC1. The number of carbonyl (C=O) groups is 1. The maximum atomic E-state index is 12.1. The van der Waals surface area contributed by atoms with Gasteiger partial charge in [-0.2, -0.15) is 5.10 Å². The topological polar surface area (TPSA) is 59.0 Å². The van der Waals surface area contributed by atoms with Crippen molar-refractivity contribution in [1.29, 1.82) is 0 Å². The van der Waals surface area contributed by atoms with Gasteiger partial charge in [0.1, 0.15) is 0 Å². The monoisotopic (exact) mass is 276 g/mol. The lowest BCUT2D eigenvalue weighted by atomic mass is 9.92. The number of amides is 1. The summed E-state index contributed by atoms with van der Waals surface area (Å²) in [6.07, 6.45) is 8.03. The molecule has 1 aliphatic carbocycles. The van der Waals surface area contributed by atoms with Crippen LogP contribution in [0.1, 0.15) is 49.4 Å². The zero-order valence-electron chi connectivity index (χ0n) is 12.2. The fraction of sp³-hybridized carbons (Fsp3) is 0.733. The minimum atomic E-state index is 0.168. The minimum Gasteiger partial charge on any atom is -0.349 e. The molecule has 3 rings (SSSR count). The van der Waals surface area contributed by atoms with Gasteiger partial charge in [-0.25, -0.2) is 0 Å². The molecule has 2 aliphatic rings. The van der Waals surface area contributed by atoms with Crippen LogP contribution in [0.2, 0.25) is 0 Å². The lowest BCUT2D eigenvalue weighted by Crippen LogP contribution is -2.31. The molecule has 0 radical (unpaired) electrons. The van der Waals surface area contributed by atoms with Crippen molar-refractivity contribution >= 4 is 5.91 Å². The number of hydrogen-bond acceptors (Lipinski definition) is 3. The second-order valence-electron chi connectivity index (χ2n) is 6.08. The molecule has 5 heteroatoms. The highest BCUT2D eigenvalue weighted by Gasteiger charge is 2.25. The van der Waals surface area contributed by atoms with Gasteiger partial charge in [0.05, 0.1) is 12.2 Å². The zero-order chi connectivity index (χ0) is 13.9. The van der Waals surface area contributed by atoms with E-state index in [1.807, 2.05) is 17.9 Å². The summed E-state index contributed by atoms with van der Waals surface area (Å²) in [5.41, 5.74) is 2.50. The fourth-order valence-electron chi connectivity index (χ4n) is 3.42. The lowest BCUT2D eigenvalue weighted by Gasteiger charge is -2.24. The Morgan fingerprint density at radius 3 is 3.25 bits per heavy atom. The second kappa shape index (κ2) is 5.95. The second-order valence-corrected chi connectivity index (χ2v) is 6.08. The van der Waals surface area contributed by atoms with Crippen LogP contribution in [-0.2, 0) is 18.3 Å². The number of nitrogens with one attached hydrogen (secondary N) is 2. The predicted molar refractivity (Wildman–Crippen MR) is 77.2 cm³/mol. The average Bonchev–Trinajstić information content (AvgIpc) is 3.08. The molecule has 5 nitrogen and oxygen atoms in total. The molecule has 1 fully saturated rings. The van der Waals surface area contributed by atoms with Crippen LogP contribution in [0, 0.1) is 5.92 Å². The molecule has 2 heterocycles. The van der Waals surface area contributed by atoms with Crippen LogP contribution in [-0.4, -0.2) is 28.8 Å². The van der Waals surface area contributed by atoms with Gasteiger partial charge < -0.3 is 10.6 Å². The number of fused-ring (bicyclic) bond motifs is 1. The van der Waals surface area contributed by atoms with Crippen molar-refractivity contribution in [3.63, 3.8) is 0 Å². The summed E-state index contributed by atoms with van der Waals surface area (Å²) in [6, 6.07) is 0.168. The van der Waals surface area contributed by atoms with Crippen LogP contribution in [0.4, 0.5) is 0 Å². The largest absolute Gasteiger partial charge is 0.349 e. The molecule has 0 bridgehead atoms. The molecule has 2 atom stereocenters. The summed E-state index contributed by atoms with van der Waals surface area (Å²) in [6.45, 7) is 2.18. The number of hydrogen-bond donors (Lipinski definition) is 2. The molecule has 0 spiro atoms. The Bertz CT molecular complexity index is 476. The van der Waals surface area contributed by atoms with E-state index in [2.05, 4.69) is 15.7 Å². The average molecular weight is 276 g/mol. The van der Waals surface area contributed by atoms with E-state index >= 15 is 0 Å². The quantitative estimate of drug-likeness (QED) is 0.871. The van der Waals surface area contributed by atoms with Gasteiger partial charge in [0.25, 0.3) is 0 Å². The number of carbonyl (C=O) groups excluding carboxylic acids is 1. The maximum Gasteiger partial charge on any atom is 0.220 e. The first-order valence-corrected chi connectivity index (χ1v) is 7.75. The highest BCUT2D eigenvalue weighted by Crippen LogP contribution is 2.29. The molecule has 1 amide bonds. The third-order valence-electron chi connectivity index (χ3n) is 4.65. The molecule has 110 valence electrons. The van der Waals surface area contributed by atoms with Gasteiger partial charge in [0.2, 0.25) is 5.91 Å². The third kappa shape index (κ3) is 2.87. The Balaban J connectivity index is 1.54. The van der Waals surface area contributed by atoms with E-state index in [0.29, 0.717) is 12.3 Å². The summed E-state index contributed by atoms with van der Waals surface area (Å²) in [7, 11) is 1.98. The van der Waals surface area contributed by atoms with E-state index in [-0.39, 0.29) is 11.9 Å². The summed E-state index contributed by atoms with van der Waals surface area (Å²) >= 11 is 0. The molecule has 2 N–H and O–H groups in total. The first-order valence-electron chi connectivity index (χ1n) is 7.75. The van der Waals surface area contributed by atoms with Crippen molar-refractivity contribution < 1.29 is 4.79 Å². The Labute approximate surface area is 120 Å². The van der Waals surface area contributed by atoms with Gasteiger partial charge in [-0.15, -0.1) is 0 Å². The van der Waals surface area contributed by atoms with Crippen molar-refractivity contribution in [3.05, 3.63) is 17.5 Å². The third-order valence-corrected chi connectivity index (χ3v) is 4.65. The van der Waals surface area contributed by atoms with E-state index in [1.165, 1.54) is 17.7 Å². The number of nitrogens with zero attached hydrogens (tertiary/aromatic N) is 2. The van der Waals surface area contributed by atoms with E-state index in [4.69, 9.17) is 0 Å². The van der Waals surface area contributed by atoms with Crippen LogP contribution in [0.5, 0.6) is 0 Å². The smallest absolute Gasteiger partial charge is 0.220 e. The Morgan fingerprint density at radius 2 is 2.45 bits per heavy atom. The molecule has 2 unspecified atom stereocenters. The number of aromatic nitrogens is 2. The van der Waals surface area contributed by atoms with Gasteiger partial charge in [-0.05, 0) is 51.1 Å². The molecule has 1 aromatic rings. The van der Waals surface area contributed by atoms with Crippen molar-refractivity contribution in [1.82, 2.24) is 20.4 Å². The number of rotatable bonds is 4. The van der Waals surface area contributed by atoms with Crippen LogP contribution < -0.4 is 10.6 Å². The predicted octanol–water partition coefficient (Wildman–Crippen LogP) is 1.30. The highest BCUT2D eigenvalue weighted by molar-refractivity contribution is 5.76. The van der Waals surface area contributed by atoms with Crippen molar-refractivity contribution in [2.45, 2.75) is 44.6 Å². The molecule has 0 saturated carbocycles. The maximum absolute atomic E-state index is 12.1. The molecule has 20 heavy (non-hydrogen) atoms. The standard InChI is InChI=1S/C15H24N4O/c1-19-14-4-2-3-13(12(14)10-17-19)18-15(20)6-5-11-7-8-16-9-11/h10-11,13,16H,2-9H2,1H3,(H,18,20). The van der Waals surface area contributed by atoms with Crippen molar-refractivity contribution in [3.8, 4) is 0 Å². The minimum absolute atomic E-state index is 0.168. The molecule has 1 saturated heterocycles. The van der Waals surface area contributed by atoms with Gasteiger partial charge in [0, 0.05) is 24.7 Å². The molecular weight excluding hydrogens is 252 g/mol. The molecule has 0 aromatic carbocycles. The van der Waals surface area contributed by atoms with Crippen LogP contribution in [0.25, 0.3) is 0 Å². The zero-order valence-corrected chi connectivity index (χ0v) is 12.2. The van der Waals surface area contributed by atoms with Gasteiger partial charge in [-0.3, -0.25) is 9.48 Å².